The van der Waals surface area contributed by atoms with Crippen molar-refractivity contribution in [3.8, 4) is 0 Å². The van der Waals surface area contributed by atoms with Gasteiger partial charge >= 0.3 is 0 Å². The van der Waals surface area contributed by atoms with Crippen LogP contribution in [0.2, 0.25) is 0 Å². The van der Waals surface area contributed by atoms with Crippen LogP contribution in [0.15, 0.2) is 23.3 Å². The number of hydrogen-bond donors (Lipinski definition) is 1. The molecule has 2 aliphatic rings. The molecular formula is C11H15NO. The highest BCUT2D eigenvalue weighted by molar-refractivity contribution is 5.82. The number of amides is 1. The van der Waals surface area contributed by atoms with E-state index in [2.05, 4.69) is 17.5 Å². The fourth-order valence-electron chi connectivity index (χ4n) is 2.08. The molecule has 2 nitrogen and oxygen atoms in total. The Labute approximate surface area is 78.7 Å². The Hall–Kier alpha value is -1.05. The summed E-state index contributed by atoms with van der Waals surface area (Å²) >= 11 is 0. The van der Waals surface area contributed by atoms with Gasteiger partial charge in [0.25, 0.3) is 0 Å². The lowest BCUT2D eigenvalue weighted by atomic mass is 9.88. The lowest BCUT2D eigenvalue weighted by Gasteiger charge is -2.16. The fraction of sp³-hybridized carbons (Fsp3) is 0.545. The summed E-state index contributed by atoms with van der Waals surface area (Å²) in [5, 5.41) is 2.94. The van der Waals surface area contributed by atoms with Crippen molar-refractivity contribution >= 4 is 5.91 Å². The van der Waals surface area contributed by atoms with E-state index in [1.807, 2.05) is 6.92 Å². The van der Waals surface area contributed by atoms with Gasteiger partial charge in [-0.3, -0.25) is 4.79 Å². The highest BCUT2D eigenvalue weighted by Gasteiger charge is 2.23. The molecule has 1 unspecified atom stereocenters. The van der Waals surface area contributed by atoms with Crippen LogP contribution in [0.5, 0.6) is 0 Å². The summed E-state index contributed by atoms with van der Waals surface area (Å²) in [6, 6.07) is 0. The smallest absolute Gasteiger partial charge is 0.227 e. The van der Waals surface area contributed by atoms with E-state index in [0.29, 0.717) is 0 Å². The SMILES string of the molecule is CC1C(=O)NCCC2=C1C=CCC2. The largest absolute Gasteiger partial charge is 0.355 e. The van der Waals surface area contributed by atoms with Crippen LogP contribution in [0.25, 0.3) is 0 Å². The van der Waals surface area contributed by atoms with E-state index in [1.165, 1.54) is 11.1 Å². The molecule has 0 bridgehead atoms. The molecule has 1 aliphatic carbocycles. The minimum atomic E-state index is 0.0500. The van der Waals surface area contributed by atoms with E-state index in [4.69, 9.17) is 0 Å². The molecule has 1 aliphatic heterocycles. The molecule has 70 valence electrons. The average molecular weight is 177 g/mol. The lowest BCUT2D eigenvalue weighted by molar-refractivity contribution is -0.123. The third kappa shape index (κ3) is 1.53. The molecule has 0 saturated heterocycles. The van der Waals surface area contributed by atoms with E-state index in [0.717, 1.165) is 25.8 Å². The zero-order valence-corrected chi connectivity index (χ0v) is 7.97. The van der Waals surface area contributed by atoms with Gasteiger partial charge in [0.1, 0.15) is 0 Å². The van der Waals surface area contributed by atoms with Crippen molar-refractivity contribution in [1.29, 1.82) is 0 Å². The van der Waals surface area contributed by atoms with Gasteiger partial charge in [0, 0.05) is 6.54 Å². The predicted molar refractivity (Wildman–Crippen MR) is 52.2 cm³/mol. The van der Waals surface area contributed by atoms with E-state index in [9.17, 15) is 4.79 Å². The van der Waals surface area contributed by atoms with Crippen molar-refractivity contribution in [3.05, 3.63) is 23.3 Å². The van der Waals surface area contributed by atoms with Crippen LogP contribution in [0.3, 0.4) is 0 Å². The van der Waals surface area contributed by atoms with Gasteiger partial charge in [0.05, 0.1) is 5.92 Å². The van der Waals surface area contributed by atoms with Crippen LogP contribution in [0.4, 0.5) is 0 Å². The third-order valence-corrected chi connectivity index (χ3v) is 2.90. The first kappa shape index (κ1) is 8.54. The molecule has 1 amide bonds. The Bertz CT molecular complexity index is 288. The second-order valence-corrected chi connectivity index (χ2v) is 3.76. The minimum absolute atomic E-state index is 0.0500. The van der Waals surface area contributed by atoms with Gasteiger partial charge in [-0.15, -0.1) is 0 Å². The molecular weight excluding hydrogens is 162 g/mol. The molecule has 0 fully saturated rings. The maximum Gasteiger partial charge on any atom is 0.227 e. The molecule has 0 spiro atoms. The number of hydrogen-bond acceptors (Lipinski definition) is 1. The van der Waals surface area contributed by atoms with Gasteiger partial charge < -0.3 is 5.32 Å². The van der Waals surface area contributed by atoms with Crippen LogP contribution in [-0.4, -0.2) is 12.5 Å². The number of rotatable bonds is 0. The number of carbonyl (C=O) groups is 1. The average Bonchev–Trinajstić information content (AvgIpc) is 2.29. The van der Waals surface area contributed by atoms with E-state index < -0.39 is 0 Å². The first-order valence-corrected chi connectivity index (χ1v) is 4.95. The Morgan fingerprint density at radius 1 is 1.46 bits per heavy atom. The summed E-state index contributed by atoms with van der Waals surface area (Å²) < 4.78 is 0. The van der Waals surface area contributed by atoms with Crippen LogP contribution in [0, 0.1) is 5.92 Å². The van der Waals surface area contributed by atoms with Crippen molar-refractivity contribution in [2.75, 3.05) is 6.54 Å². The first-order chi connectivity index (χ1) is 6.29. The van der Waals surface area contributed by atoms with E-state index >= 15 is 0 Å². The van der Waals surface area contributed by atoms with Crippen LogP contribution >= 0.6 is 0 Å². The third-order valence-electron chi connectivity index (χ3n) is 2.90. The molecule has 1 atom stereocenters. The van der Waals surface area contributed by atoms with E-state index in [-0.39, 0.29) is 11.8 Å². The fourth-order valence-corrected chi connectivity index (χ4v) is 2.08. The molecule has 1 heterocycles. The normalized spacial score (nSPS) is 28.1. The van der Waals surface area contributed by atoms with Crippen molar-refractivity contribution in [2.24, 2.45) is 5.92 Å². The first-order valence-electron chi connectivity index (χ1n) is 4.95. The standard InChI is InChI=1S/C11H15NO/c1-8-10-5-3-2-4-9(10)6-7-12-11(8)13/h3,5,8H,2,4,6-7H2,1H3,(H,12,13). The highest BCUT2D eigenvalue weighted by Crippen LogP contribution is 2.28. The van der Waals surface area contributed by atoms with Crippen LogP contribution in [-0.2, 0) is 4.79 Å². The van der Waals surface area contributed by atoms with Crippen molar-refractivity contribution < 1.29 is 4.79 Å². The molecule has 0 aromatic carbocycles. The Morgan fingerprint density at radius 3 is 3.15 bits per heavy atom. The van der Waals surface area contributed by atoms with Gasteiger partial charge in [-0.2, -0.15) is 0 Å². The minimum Gasteiger partial charge on any atom is -0.355 e. The summed E-state index contributed by atoms with van der Waals surface area (Å²) in [5.74, 6) is 0.227. The zero-order chi connectivity index (χ0) is 9.26. The van der Waals surface area contributed by atoms with Crippen LogP contribution < -0.4 is 5.32 Å². The lowest BCUT2D eigenvalue weighted by Crippen LogP contribution is -2.28. The van der Waals surface area contributed by atoms with Gasteiger partial charge in [-0.05, 0) is 31.8 Å². The topological polar surface area (TPSA) is 29.1 Å². The summed E-state index contributed by atoms with van der Waals surface area (Å²) in [6.07, 6.45) is 7.63. The molecule has 2 rings (SSSR count). The number of allylic oxidation sites excluding steroid dienone is 2. The number of nitrogens with one attached hydrogen (secondary N) is 1. The molecule has 13 heavy (non-hydrogen) atoms. The van der Waals surface area contributed by atoms with Gasteiger partial charge in [0.15, 0.2) is 0 Å². The molecule has 0 aromatic heterocycles. The highest BCUT2D eigenvalue weighted by atomic mass is 16.1. The summed E-state index contributed by atoms with van der Waals surface area (Å²) in [7, 11) is 0. The molecule has 0 saturated carbocycles. The second-order valence-electron chi connectivity index (χ2n) is 3.76. The monoisotopic (exact) mass is 177 g/mol. The molecule has 2 heteroatoms. The van der Waals surface area contributed by atoms with Gasteiger partial charge in [0.2, 0.25) is 5.91 Å². The molecule has 0 aromatic rings. The Kier molecular flexibility index (Phi) is 2.21. The second kappa shape index (κ2) is 3.36. The van der Waals surface area contributed by atoms with Gasteiger partial charge in [-0.25, -0.2) is 0 Å². The van der Waals surface area contributed by atoms with Crippen molar-refractivity contribution in [3.63, 3.8) is 0 Å². The summed E-state index contributed by atoms with van der Waals surface area (Å²) in [6.45, 7) is 2.81. The van der Waals surface area contributed by atoms with E-state index in [1.54, 1.807) is 0 Å². The van der Waals surface area contributed by atoms with Crippen molar-refractivity contribution in [1.82, 2.24) is 5.32 Å². The zero-order valence-electron chi connectivity index (χ0n) is 7.97. The predicted octanol–water partition coefficient (Wildman–Crippen LogP) is 1.79. The Morgan fingerprint density at radius 2 is 2.31 bits per heavy atom. The maximum atomic E-state index is 11.5. The molecule has 0 radical (unpaired) electrons. The maximum absolute atomic E-state index is 11.5. The number of carbonyl (C=O) groups excluding carboxylic acids is 1. The quantitative estimate of drug-likeness (QED) is 0.600. The summed E-state index contributed by atoms with van der Waals surface area (Å²) in [5.41, 5.74) is 2.74. The summed E-state index contributed by atoms with van der Waals surface area (Å²) in [4.78, 5) is 11.5. The Balaban J connectivity index is 2.33. The van der Waals surface area contributed by atoms with Gasteiger partial charge in [-0.1, -0.05) is 17.7 Å². The van der Waals surface area contributed by atoms with Crippen molar-refractivity contribution in [2.45, 2.75) is 26.2 Å². The van der Waals surface area contributed by atoms with Crippen LogP contribution in [0.1, 0.15) is 26.2 Å². The molecule has 1 N–H and O–H groups in total.